The molecule has 0 fully saturated rings. The molecule has 0 heterocycles. The van der Waals surface area contributed by atoms with Gasteiger partial charge in [-0.2, -0.15) is 0 Å². The lowest BCUT2D eigenvalue weighted by Crippen LogP contribution is -2.32. The first-order valence-electron chi connectivity index (χ1n) is 8.53. The molecule has 2 aromatic rings. The van der Waals surface area contributed by atoms with Crippen LogP contribution in [0.2, 0.25) is 0 Å². The monoisotopic (exact) mass is 357 g/mol. The van der Waals surface area contributed by atoms with Gasteiger partial charge in [0.15, 0.2) is 0 Å². The molecule has 5 heteroatoms. The van der Waals surface area contributed by atoms with Crippen molar-refractivity contribution in [2.75, 3.05) is 0 Å². The molecule has 0 bridgehead atoms. The highest BCUT2D eigenvalue weighted by Gasteiger charge is 2.17. The van der Waals surface area contributed by atoms with Crippen molar-refractivity contribution in [1.82, 2.24) is 5.32 Å². The van der Waals surface area contributed by atoms with Crippen LogP contribution in [0.15, 0.2) is 48.5 Å². The normalized spacial score (nSPS) is 11.1. The van der Waals surface area contributed by atoms with E-state index in [0.717, 1.165) is 5.56 Å². The van der Waals surface area contributed by atoms with Crippen LogP contribution in [0.25, 0.3) is 0 Å². The molecule has 0 saturated carbocycles. The van der Waals surface area contributed by atoms with Crippen LogP contribution >= 0.6 is 0 Å². The first kappa shape index (κ1) is 19.6. The summed E-state index contributed by atoms with van der Waals surface area (Å²) < 4.78 is 19.4. The second kappa shape index (κ2) is 8.61. The molecule has 26 heavy (non-hydrogen) atoms. The smallest absolute Gasteiger partial charge is 0.407 e. The number of rotatable bonds is 6. The topological polar surface area (TPSA) is 55.4 Å². The Hall–Kier alpha value is -2.69. The maximum atomic E-state index is 14.2. The Morgan fingerprint density at radius 3 is 2.35 bits per heavy atom. The van der Waals surface area contributed by atoms with Crippen LogP contribution < -0.4 is 5.32 Å². The summed E-state index contributed by atoms with van der Waals surface area (Å²) in [5, 5.41) is 2.61. The van der Waals surface area contributed by atoms with Gasteiger partial charge in [-0.15, -0.1) is 0 Å². The number of ketones is 1. The van der Waals surface area contributed by atoms with Crippen LogP contribution in [0.5, 0.6) is 0 Å². The Balaban J connectivity index is 2.04. The second-order valence-electron chi connectivity index (χ2n) is 7.11. The molecule has 2 rings (SSSR count). The Kier molecular flexibility index (Phi) is 6.50. The maximum Gasteiger partial charge on any atom is 0.407 e. The molecule has 0 aliphatic carbocycles. The third-order valence-corrected chi connectivity index (χ3v) is 3.66. The van der Waals surface area contributed by atoms with Crippen molar-refractivity contribution in [3.63, 3.8) is 0 Å². The van der Waals surface area contributed by atoms with Gasteiger partial charge in [-0.25, -0.2) is 9.18 Å². The van der Waals surface area contributed by atoms with E-state index >= 15 is 0 Å². The van der Waals surface area contributed by atoms with Crippen LogP contribution in [-0.2, 0) is 28.9 Å². The summed E-state index contributed by atoms with van der Waals surface area (Å²) in [7, 11) is 0. The molecule has 0 unspecified atom stereocenters. The predicted molar refractivity (Wildman–Crippen MR) is 98.3 cm³/mol. The van der Waals surface area contributed by atoms with Gasteiger partial charge in [0.2, 0.25) is 0 Å². The SMILES string of the molecule is CC(C)(C)OC(=O)NCc1cccc(F)c1CC(=O)Cc1ccccc1. The molecule has 0 aliphatic heterocycles. The molecule has 0 aromatic heterocycles. The third kappa shape index (κ3) is 6.31. The summed E-state index contributed by atoms with van der Waals surface area (Å²) in [5.41, 5.74) is 1.16. The summed E-state index contributed by atoms with van der Waals surface area (Å²) in [4.78, 5) is 24.1. The van der Waals surface area contributed by atoms with Crippen molar-refractivity contribution < 1.29 is 18.7 Å². The van der Waals surface area contributed by atoms with Gasteiger partial charge in [0.05, 0.1) is 0 Å². The fourth-order valence-electron chi connectivity index (χ4n) is 2.53. The highest BCUT2D eigenvalue weighted by Crippen LogP contribution is 2.16. The summed E-state index contributed by atoms with van der Waals surface area (Å²) in [5.74, 6) is -0.533. The van der Waals surface area contributed by atoms with E-state index in [1.165, 1.54) is 6.07 Å². The number of nitrogens with one attached hydrogen (secondary N) is 1. The summed E-state index contributed by atoms with van der Waals surface area (Å²) in [6.45, 7) is 5.40. The maximum absolute atomic E-state index is 14.2. The minimum Gasteiger partial charge on any atom is -0.444 e. The lowest BCUT2D eigenvalue weighted by molar-refractivity contribution is -0.117. The number of carbonyl (C=O) groups is 2. The van der Waals surface area contributed by atoms with Gasteiger partial charge in [-0.05, 0) is 38.0 Å². The standard InChI is InChI=1S/C21H24FNO3/c1-21(2,3)26-20(25)23-14-16-10-7-11-19(22)18(16)13-17(24)12-15-8-5-4-6-9-15/h4-11H,12-14H2,1-3H3,(H,23,25). The van der Waals surface area contributed by atoms with Gasteiger partial charge < -0.3 is 10.1 Å². The minimum atomic E-state index is -0.611. The number of Topliss-reactive ketones (excluding diaryl/α,β-unsaturated/α-hetero) is 1. The summed E-state index contributed by atoms with van der Waals surface area (Å²) in [6.07, 6.45) is -0.357. The van der Waals surface area contributed by atoms with Crippen LogP contribution in [0.4, 0.5) is 9.18 Å². The number of carbonyl (C=O) groups excluding carboxylic acids is 2. The van der Waals surface area contributed by atoms with Gasteiger partial charge in [0, 0.05) is 24.9 Å². The molecule has 0 saturated heterocycles. The molecule has 0 spiro atoms. The molecule has 0 atom stereocenters. The fourth-order valence-corrected chi connectivity index (χ4v) is 2.53. The van der Waals surface area contributed by atoms with Gasteiger partial charge in [0.1, 0.15) is 17.2 Å². The van der Waals surface area contributed by atoms with Crippen molar-refractivity contribution in [1.29, 1.82) is 0 Å². The molecular weight excluding hydrogens is 333 g/mol. The Bertz CT molecular complexity index is 767. The van der Waals surface area contributed by atoms with Crippen molar-refractivity contribution in [3.8, 4) is 0 Å². The van der Waals surface area contributed by atoms with Crippen LogP contribution in [0.1, 0.15) is 37.5 Å². The molecule has 0 radical (unpaired) electrons. The van der Waals surface area contributed by atoms with Crippen LogP contribution in [0, 0.1) is 5.82 Å². The molecule has 1 N–H and O–H groups in total. The minimum absolute atomic E-state index is 0.0209. The number of benzene rings is 2. The highest BCUT2D eigenvalue weighted by atomic mass is 19.1. The average molecular weight is 357 g/mol. The summed E-state index contributed by atoms with van der Waals surface area (Å²) in [6, 6.07) is 13.9. The number of hydrogen-bond donors (Lipinski definition) is 1. The van der Waals surface area contributed by atoms with Crippen molar-refractivity contribution in [3.05, 3.63) is 71.0 Å². The van der Waals surface area contributed by atoms with Gasteiger partial charge in [-0.3, -0.25) is 4.79 Å². The van der Waals surface area contributed by atoms with Crippen LogP contribution in [0.3, 0.4) is 0 Å². The van der Waals surface area contributed by atoms with E-state index in [-0.39, 0.29) is 25.2 Å². The van der Waals surface area contributed by atoms with E-state index in [0.29, 0.717) is 11.1 Å². The second-order valence-corrected chi connectivity index (χ2v) is 7.11. The van der Waals surface area contributed by atoms with Gasteiger partial charge >= 0.3 is 6.09 Å². The van der Waals surface area contributed by atoms with E-state index < -0.39 is 17.5 Å². The Morgan fingerprint density at radius 1 is 1.00 bits per heavy atom. The van der Waals surface area contributed by atoms with Crippen LogP contribution in [-0.4, -0.2) is 17.5 Å². The fraction of sp³-hybridized carbons (Fsp3) is 0.333. The van der Waals surface area contributed by atoms with E-state index in [9.17, 15) is 14.0 Å². The molecule has 1 amide bonds. The molecular formula is C21H24FNO3. The lowest BCUT2D eigenvalue weighted by Gasteiger charge is -2.20. The quantitative estimate of drug-likeness (QED) is 0.843. The number of ether oxygens (including phenoxy) is 1. The van der Waals surface area contributed by atoms with E-state index in [1.54, 1.807) is 32.9 Å². The highest BCUT2D eigenvalue weighted by molar-refractivity contribution is 5.83. The van der Waals surface area contributed by atoms with E-state index in [2.05, 4.69) is 5.32 Å². The molecule has 138 valence electrons. The Morgan fingerprint density at radius 2 is 1.69 bits per heavy atom. The van der Waals surface area contributed by atoms with Crippen molar-refractivity contribution >= 4 is 11.9 Å². The van der Waals surface area contributed by atoms with E-state index in [4.69, 9.17) is 4.74 Å². The van der Waals surface area contributed by atoms with Gasteiger partial charge in [-0.1, -0.05) is 42.5 Å². The predicted octanol–water partition coefficient (Wildman–Crippen LogP) is 4.20. The first-order valence-corrected chi connectivity index (χ1v) is 8.53. The average Bonchev–Trinajstić information content (AvgIpc) is 2.55. The summed E-state index contributed by atoms with van der Waals surface area (Å²) >= 11 is 0. The van der Waals surface area contributed by atoms with E-state index in [1.807, 2.05) is 30.3 Å². The number of alkyl carbamates (subject to hydrolysis) is 1. The third-order valence-electron chi connectivity index (χ3n) is 3.66. The van der Waals surface area contributed by atoms with Crippen molar-refractivity contribution in [2.24, 2.45) is 0 Å². The molecule has 4 nitrogen and oxygen atoms in total. The molecule has 2 aromatic carbocycles. The number of amides is 1. The van der Waals surface area contributed by atoms with Crippen molar-refractivity contribution in [2.45, 2.75) is 45.8 Å². The molecule has 0 aliphatic rings. The largest absolute Gasteiger partial charge is 0.444 e. The zero-order valence-electron chi connectivity index (χ0n) is 15.3. The number of halogens is 1. The lowest BCUT2D eigenvalue weighted by atomic mass is 9.98. The Labute approximate surface area is 153 Å². The zero-order valence-corrected chi connectivity index (χ0v) is 15.3. The zero-order chi connectivity index (χ0) is 19.2. The van der Waals surface area contributed by atoms with Gasteiger partial charge in [0.25, 0.3) is 0 Å². The first-order chi connectivity index (χ1) is 12.2. The number of hydrogen-bond acceptors (Lipinski definition) is 3.